The molecule has 1 aromatic heterocycles. The van der Waals surface area contributed by atoms with Crippen LogP contribution in [-0.2, 0) is 10.8 Å². The maximum absolute atomic E-state index is 12.1. The summed E-state index contributed by atoms with van der Waals surface area (Å²) in [7, 11) is -0.777. The van der Waals surface area contributed by atoms with Crippen molar-refractivity contribution in [2.45, 2.75) is 57.7 Å². The van der Waals surface area contributed by atoms with E-state index in [4.69, 9.17) is 0 Å². The van der Waals surface area contributed by atoms with E-state index in [0.717, 1.165) is 36.9 Å². The summed E-state index contributed by atoms with van der Waals surface area (Å²) >= 11 is 0. The van der Waals surface area contributed by atoms with Gasteiger partial charge >= 0.3 is 6.03 Å². The fraction of sp³-hybridized carbons (Fsp3) is 0.625. The Labute approximate surface area is 134 Å². The van der Waals surface area contributed by atoms with Crippen LogP contribution in [0.5, 0.6) is 0 Å². The summed E-state index contributed by atoms with van der Waals surface area (Å²) < 4.78 is 11.9. The SMILES string of the molecule is CC[S@@](=O)[C@@H]1CCC[C@H](NC(=O)Nc2cc(C)cc(C)n2)C1. The van der Waals surface area contributed by atoms with E-state index < -0.39 is 10.8 Å². The zero-order valence-corrected chi connectivity index (χ0v) is 14.3. The minimum Gasteiger partial charge on any atom is -0.335 e. The van der Waals surface area contributed by atoms with Crippen LogP contribution < -0.4 is 10.6 Å². The molecule has 6 heteroatoms. The van der Waals surface area contributed by atoms with Crippen LogP contribution in [0, 0.1) is 13.8 Å². The van der Waals surface area contributed by atoms with E-state index in [0.29, 0.717) is 11.6 Å². The second-order valence-corrected chi connectivity index (χ2v) is 7.93. The zero-order chi connectivity index (χ0) is 16.1. The third kappa shape index (κ3) is 4.80. The molecule has 1 aliphatic carbocycles. The van der Waals surface area contributed by atoms with Crippen molar-refractivity contribution in [3.8, 4) is 0 Å². The summed E-state index contributed by atoms with van der Waals surface area (Å²) in [5.74, 6) is 1.26. The predicted molar refractivity (Wildman–Crippen MR) is 90.6 cm³/mol. The van der Waals surface area contributed by atoms with Gasteiger partial charge in [0.15, 0.2) is 0 Å². The summed E-state index contributed by atoms with van der Waals surface area (Å²) in [5, 5.41) is 5.99. The lowest BCUT2D eigenvalue weighted by Gasteiger charge is -2.29. The number of nitrogens with zero attached hydrogens (tertiary/aromatic N) is 1. The summed E-state index contributed by atoms with van der Waals surface area (Å²) in [6.45, 7) is 5.83. The average molecular weight is 323 g/mol. The minimum atomic E-state index is -0.777. The summed E-state index contributed by atoms with van der Waals surface area (Å²) in [5.41, 5.74) is 1.95. The Bertz CT molecular complexity index is 542. The van der Waals surface area contributed by atoms with Gasteiger partial charge in [0, 0.05) is 33.5 Å². The molecule has 0 unspecified atom stereocenters. The molecular formula is C16H25N3O2S. The number of carbonyl (C=O) groups is 1. The van der Waals surface area contributed by atoms with Crippen molar-refractivity contribution in [3.63, 3.8) is 0 Å². The number of carbonyl (C=O) groups excluding carboxylic acids is 1. The van der Waals surface area contributed by atoms with Gasteiger partial charge < -0.3 is 5.32 Å². The monoisotopic (exact) mass is 323 g/mol. The number of hydrogen-bond donors (Lipinski definition) is 2. The second-order valence-electron chi connectivity index (χ2n) is 5.92. The minimum absolute atomic E-state index is 0.0974. The molecular weight excluding hydrogens is 298 g/mol. The van der Waals surface area contributed by atoms with Crippen LogP contribution in [0.2, 0.25) is 0 Å². The van der Waals surface area contributed by atoms with E-state index in [1.165, 1.54) is 0 Å². The smallest absolute Gasteiger partial charge is 0.320 e. The van der Waals surface area contributed by atoms with Crippen molar-refractivity contribution in [1.82, 2.24) is 10.3 Å². The molecule has 2 amide bonds. The van der Waals surface area contributed by atoms with E-state index in [9.17, 15) is 9.00 Å². The molecule has 0 aromatic carbocycles. The number of anilines is 1. The molecule has 1 fully saturated rings. The highest BCUT2D eigenvalue weighted by Crippen LogP contribution is 2.23. The Kier molecular flexibility index (Phi) is 5.94. The Hall–Kier alpha value is -1.43. The Balaban J connectivity index is 1.90. The molecule has 1 aromatic rings. The highest BCUT2D eigenvalue weighted by Gasteiger charge is 2.26. The molecule has 1 saturated carbocycles. The van der Waals surface area contributed by atoms with Crippen LogP contribution >= 0.6 is 0 Å². The maximum Gasteiger partial charge on any atom is 0.320 e. The van der Waals surface area contributed by atoms with Crippen LogP contribution in [0.4, 0.5) is 10.6 Å². The van der Waals surface area contributed by atoms with Crippen molar-refractivity contribution in [2.75, 3.05) is 11.1 Å². The van der Waals surface area contributed by atoms with Crippen LogP contribution in [0.1, 0.15) is 43.9 Å². The second kappa shape index (κ2) is 7.72. The average Bonchev–Trinajstić information content (AvgIpc) is 2.45. The molecule has 122 valence electrons. The third-order valence-electron chi connectivity index (χ3n) is 3.96. The lowest BCUT2D eigenvalue weighted by molar-refractivity contribution is 0.244. The molecule has 0 spiro atoms. The Morgan fingerprint density at radius 2 is 2.14 bits per heavy atom. The first kappa shape index (κ1) is 16.9. The van der Waals surface area contributed by atoms with E-state index >= 15 is 0 Å². The molecule has 2 rings (SSSR count). The quantitative estimate of drug-likeness (QED) is 0.895. The van der Waals surface area contributed by atoms with Gasteiger partial charge in [-0.15, -0.1) is 0 Å². The molecule has 22 heavy (non-hydrogen) atoms. The fourth-order valence-electron chi connectivity index (χ4n) is 2.99. The van der Waals surface area contributed by atoms with E-state index in [-0.39, 0.29) is 17.3 Å². The van der Waals surface area contributed by atoms with Gasteiger partial charge in [-0.1, -0.05) is 13.3 Å². The summed E-state index contributed by atoms with van der Waals surface area (Å²) in [4.78, 5) is 16.4. The molecule has 0 aliphatic heterocycles. The van der Waals surface area contributed by atoms with Crippen molar-refractivity contribution in [2.24, 2.45) is 0 Å². The van der Waals surface area contributed by atoms with Crippen molar-refractivity contribution in [3.05, 3.63) is 23.4 Å². The van der Waals surface area contributed by atoms with E-state index in [1.54, 1.807) is 0 Å². The largest absolute Gasteiger partial charge is 0.335 e. The fourth-order valence-corrected chi connectivity index (χ4v) is 4.34. The number of urea groups is 1. The van der Waals surface area contributed by atoms with Crippen LogP contribution in [0.15, 0.2) is 12.1 Å². The first-order valence-corrected chi connectivity index (χ1v) is 9.26. The van der Waals surface area contributed by atoms with Gasteiger partial charge in [-0.2, -0.15) is 0 Å². The van der Waals surface area contributed by atoms with Gasteiger partial charge in [0.2, 0.25) is 0 Å². The number of rotatable bonds is 4. The number of aromatic nitrogens is 1. The van der Waals surface area contributed by atoms with E-state index in [2.05, 4.69) is 15.6 Å². The number of hydrogen-bond acceptors (Lipinski definition) is 3. The highest BCUT2D eigenvalue weighted by atomic mass is 32.2. The van der Waals surface area contributed by atoms with Gasteiger partial charge in [0.1, 0.15) is 5.82 Å². The first-order chi connectivity index (χ1) is 10.5. The Morgan fingerprint density at radius 3 is 2.82 bits per heavy atom. The van der Waals surface area contributed by atoms with Gasteiger partial charge in [0.05, 0.1) is 0 Å². The number of pyridine rings is 1. The normalized spacial score (nSPS) is 22.9. The number of nitrogens with one attached hydrogen (secondary N) is 2. The predicted octanol–water partition coefficient (Wildman–Crippen LogP) is 2.90. The van der Waals surface area contributed by atoms with Gasteiger partial charge in [-0.3, -0.25) is 9.53 Å². The molecule has 1 heterocycles. The molecule has 0 radical (unpaired) electrons. The molecule has 0 bridgehead atoms. The standard InChI is InChI=1S/C16H25N3O2S/c1-4-22(21)14-7-5-6-13(10-14)18-16(20)19-15-9-11(2)8-12(3)17-15/h8-9,13-14H,4-7,10H2,1-3H3,(H2,17,18,19,20)/t13-,14+,22+/m0/s1. The first-order valence-electron chi connectivity index (χ1n) is 7.88. The molecule has 3 atom stereocenters. The van der Waals surface area contributed by atoms with Crippen molar-refractivity contribution < 1.29 is 9.00 Å². The lowest BCUT2D eigenvalue weighted by Crippen LogP contribution is -2.43. The molecule has 0 saturated heterocycles. The van der Waals surface area contributed by atoms with Crippen LogP contribution in [-0.4, -0.2) is 32.3 Å². The van der Waals surface area contributed by atoms with Crippen LogP contribution in [0.25, 0.3) is 0 Å². The van der Waals surface area contributed by atoms with Gasteiger partial charge in [0.25, 0.3) is 0 Å². The highest BCUT2D eigenvalue weighted by molar-refractivity contribution is 7.85. The summed E-state index contributed by atoms with van der Waals surface area (Å²) in [6, 6.07) is 3.68. The third-order valence-corrected chi connectivity index (χ3v) is 5.70. The van der Waals surface area contributed by atoms with Gasteiger partial charge in [-0.25, -0.2) is 9.78 Å². The van der Waals surface area contributed by atoms with Gasteiger partial charge in [-0.05, 0) is 50.8 Å². The van der Waals surface area contributed by atoms with Crippen molar-refractivity contribution >= 4 is 22.6 Å². The van der Waals surface area contributed by atoms with E-state index in [1.807, 2.05) is 32.9 Å². The van der Waals surface area contributed by atoms with Crippen LogP contribution in [0.3, 0.4) is 0 Å². The molecule has 5 nitrogen and oxygen atoms in total. The number of aryl methyl sites for hydroxylation is 2. The lowest BCUT2D eigenvalue weighted by atomic mass is 9.95. The maximum atomic E-state index is 12.1. The van der Waals surface area contributed by atoms with Crippen molar-refractivity contribution in [1.29, 1.82) is 0 Å². The summed E-state index contributed by atoms with van der Waals surface area (Å²) in [6.07, 6.45) is 3.77. The number of amides is 2. The molecule has 2 N–H and O–H groups in total. The topological polar surface area (TPSA) is 71.1 Å². The Morgan fingerprint density at radius 1 is 1.36 bits per heavy atom. The zero-order valence-electron chi connectivity index (χ0n) is 13.5. The molecule has 1 aliphatic rings.